The molecule has 4 unspecified atom stereocenters. The monoisotopic (exact) mass is 614 g/mol. The second-order valence-electron chi connectivity index (χ2n) is 12.6. The standard InChI is InChI=1S/C19H25BN4O4.C15H22N2/c1-13(2)10-17(20(27)28)24-18(25)15(11-14-6-4-3-5-7-14)23-19(26)16-12-21-8-9-22-16;16-12-6-8-13(9-7-12)17-15-10-14(15)11-4-2-1-3-5-11/h3-9,12-13,15,17,27-28H,10-11H2,1-2H3,(H,23,26)(H,24,25);1-5,12-15,17H,6-10,16H2. The van der Waals surface area contributed by atoms with Gasteiger partial charge in [-0.25, -0.2) is 4.98 Å². The molecule has 0 saturated heterocycles. The van der Waals surface area contributed by atoms with E-state index in [1.807, 2.05) is 44.2 Å². The first kappa shape index (κ1) is 34.2. The summed E-state index contributed by atoms with van der Waals surface area (Å²) in [6, 6.07) is 21.1. The number of nitrogens with one attached hydrogen (secondary N) is 3. The number of nitrogens with two attached hydrogens (primary N) is 1. The minimum Gasteiger partial charge on any atom is -0.426 e. The first-order chi connectivity index (χ1) is 21.7. The van der Waals surface area contributed by atoms with Gasteiger partial charge in [-0.05, 0) is 55.6 Å². The van der Waals surface area contributed by atoms with Crippen LogP contribution >= 0.6 is 0 Å². The SMILES string of the molecule is CC(C)CC(NC(=O)C(Cc1ccccc1)NC(=O)c1cnccn1)B(O)O.NC1CCC(NC2CC2c2ccccc2)CC1. The Morgan fingerprint density at radius 1 is 0.956 bits per heavy atom. The third-order valence-electron chi connectivity index (χ3n) is 8.35. The number of aromatic nitrogens is 2. The van der Waals surface area contributed by atoms with Crippen LogP contribution in [0.25, 0.3) is 0 Å². The van der Waals surface area contributed by atoms with Crippen LogP contribution in [0, 0.1) is 5.92 Å². The van der Waals surface area contributed by atoms with Crippen molar-refractivity contribution in [1.82, 2.24) is 25.9 Å². The number of carbonyl (C=O) groups excluding carboxylic acids is 2. The Labute approximate surface area is 266 Å². The van der Waals surface area contributed by atoms with Crippen molar-refractivity contribution in [1.29, 1.82) is 0 Å². The minimum atomic E-state index is -1.69. The molecule has 0 radical (unpaired) electrons. The van der Waals surface area contributed by atoms with Gasteiger partial charge in [-0.3, -0.25) is 14.6 Å². The summed E-state index contributed by atoms with van der Waals surface area (Å²) in [4.78, 5) is 33.1. The van der Waals surface area contributed by atoms with Crippen molar-refractivity contribution < 1.29 is 19.6 Å². The average Bonchev–Trinajstić information content (AvgIpc) is 3.82. The molecule has 2 amide bonds. The van der Waals surface area contributed by atoms with Gasteiger partial charge in [0.15, 0.2) is 0 Å². The van der Waals surface area contributed by atoms with Gasteiger partial charge in [0.2, 0.25) is 5.91 Å². The van der Waals surface area contributed by atoms with Crippen LogP contribution in [0.15, 0.2) is 79.3 Å². The fourth-order valence-corrected chi connectivity index (χ4v) is 5.79. The van der Waals surface area contributed by atoms with Crippen LogP contribution in [0.5, 0.6) is 0 Å². The van der Waals surface area contributed by atoms with Gasteiger partial charge < -0.3 is 31.7 Å². The molecule has 10 nitrogen and oxygen atoms in total. The number of rotatable bonds is 12. The zero-order chi connectivity index (χ0) is 32.2. The van der Waals surface area contributed by atoms with E-state index in [9.17, 15) is 19.6 Å². The molecule has 4 atom stereocenters. The molecule has 0 bridgehead atoms. The first-order valence-electron chi connectivity index (χ1n) is 16.0. The van der Waals surface area contributed by atoms with Gasteiger partial charge in [0.1, 0.15) is 11.7 Å². The van der Waals surface area contributed by atoms with Gasteiger partial charge >= 0.3 is 7.12 Å². The van der Waals surface area contributed by atoms with Crippen molar-refractivity contribution in [2.75, 3.05) is 0 Å². The molecule has 1 aromatic heterocycles. The lowest BCUT2D eigenvalue weighted by molar-refractivity contribution is -0.123. The Morgan fingerprint density at radius 3 is 2.22 bits per heavy atom. The number of benzene rings is 2. The van der Waals surface area contributed by atoms with E-state index >= 15 is 0 Å². The zero-order valence-corrected chi connectivity index (χ0v) is 26.3. The normalized spacial score (nSPS) is 21.9. The van der Waals surface area contributed by atoms with E-state index in [0.29, 0.717) is 18.5 Å². The Hall–Kier alpha value is -3.64. The molecule has 2 aliphatic carbocycles. The molecule has 2 saturated carbocycles. The molecular weight excluding hydrogens is 567 g/mol. The van der Waals surface area contributed by atoms with Crippen molar-refractivity contribution in [2.24, 2.45) is 11.7 Å². The fraction of sp³-hybridized carbons (Fsp3) is 0.471. The van der Waals surface area contributed by atoms with Crippen molar-refractivity contribution in [3.63, 3.8) is 0 Å². The maximum absolute atomic E-state index is 12.8. The Balaban J connectivity index is 0.000000229. The summed E-state index contributed by atoms with van der Waals surface area (Å²) in [6.45, 7) is 3.83. The van der Waals surface area contributed by atoms with Crippen LogP contribution < -0.4 is 21.7 Å². The van der Waals surface area contributed by atoms with Gasteiger partial charge in [0, 0.05) is 42.9 Å². The van der Waals surface area contributed by atoms with E-state index in [1.54, 1.807) is 0 Å². The zero-order valence-electron chi connectivity index (χ0n) is 26.3. The molecule has 1 heterocycles. The van der Waals surface area contributed by atoms with Crippen LogP contribution in [0.1, 0.15) is 79.9 Å². The van der Waals surface area contributed by atoms with Gasteiger partial charge in [-0.15, -0.1) is 0 Å². The minimum absolute atomic E-state index is 0.0919. The molecule has 0 spiro atoms. The number of hydrogen-bond acceptors (Lipinski definition) is 8. The molecule has 3 aromatic rings. The van der Waals surface area contributed by atoms with Crippen LogP contribution in [0.4, 0.5) is 0 Å². The van der Waals surface area contributed by atoms with Gasteiger partial charge in [-0.1, -0.05) is 74.5 Å². The third kappa shape index (κ3) is 11.3. The molecular formula is C34H47BN6O4. The molecule has 0 aliphatic heterocycles. The molecule has 45 heavy (non-hydrogen) atoms. The molecule has 2 fully saturated rings. The van der Waals surface area contributed by atoms with Crippen molar-refractivity contribution in [3.05, 3.63) is 96.1 Å². The fourth-order valence-electron chi connectivity index (χ4n) is 5.79. The van der Waals surface area contributed by atoms with E-state index in [4.69, 9.17) is 5.73 Å². The van der Waals surface area contributed by atoms with E-state index in [-0.39, 0.29) is 18.0 Å². The van der Waals surface area contributed by atoms with Crippen molar-refractivity contribution in [3.8, 4) is 0 Å². The van der Waals surface area contributed by atoms with E-state index < -0.39 is 30.9 Å². The highest BCUT2D eigenvalue weighted by Gasteiger charge is 2.39. The third-order valence-corrected chi connectivity index (χ3v) is 8.35. The quantitative estimate of drug-likeness (QED) is 0.170. The second-order valence-corrected chi connectivity index (χ2v) is 12.6. The van der Waals surface area contributed by atoms with E-state index in [1.165, 1.54) is 56.3 Å². The average molecular weight is 615 g/mol. The van der Waals surface area contributed by atoms with E-state index in [2.05, 4.69) is 56.3 Å². The summed E-state index contributed by atoms with van der Waals surface area (Å²) in [7, 11) is -1.69. The number of hydrogen-bond donors (Lipinski definition) is 6. The Bertz CT molecular complexity index is 1310. The molecule has 5 rings (SSSR count). The number of nitrogens with zero attached hydrogens (tertiary/aromatic N) is 2. The molecule has 7 N–H and O–H groups in total. The molecule has 11 heteroatoms. The summed E-state index contributed by atoms with van der Waals surface area (Å²) in [5.74, 6) is -0.964. The van der Waals surface area contributed by atoms with Crippen LogP contribution in [-0.2, 0) is 11.2 Å². The van der Waals surface area contributed by atoms with Crippen LogP contribution in [0.2, 0.25) is 0 Å². The van der Waals surface area contributed by atoms with Gasteiger partial charge in [-0.2, -0.15) is 0 Å². The van der Waals surface area contributed by atoms with Crippen molar-refractivity contribution >= 4 is 18.9 Å². The highest BCUT2D eigenvalue weighted by Crippen LogP contribution is 2.41. The first-order valence-corrected chi connectivity index (χ1v) is 16.0. The predicted octanol–water partition coefficient (Wildman–Crippen LogP) is 2.76. The van der Waals surface area contributed by atoms with Gasteiger partial charge in [0.25, 0.3) is 5.91 Å². The molecule has 2 aliphatic rings. The Morgan fingerprint density at radius 2 is 1.62 bits per heavy atom. The number of carbonyl (C=O) groups is 2. The van der Waals surface area contributed by atoms with E-state index in [0.717, 1.165) is 17.5 Å². The summed E-state index contributed by atoms with van der Waals surface area (Å²) in [5.41, 5.74) is 8.38. The predicted molar refractivity (Wildman–Crippen MR) is 176 cm³/mol. The summed E-state index contributed by atoms with van der Waals surface area (Å²) < 4.78 is 0. The van der Waals surface area contributed by atoms with Crippen LogP contribution in [-0.4, -0.2) is 69.1 Å². The largest absolute Gasteiger partial charge is 0.475 e. The second kappa shape index (κ2) is 17.2. The lowest BCUT2D eigenvalue weighted by atomic mass is 9.75. The summed E-state index contributed by atoms with van der Waals surface area (Å²) in [6.07, 6.45) is 11.0. The highest BCUT2D eigenvalue weighted by molar-refractivity contribution is 6.43. The summed E-state index contributed by atoms with van der Waals surface area (Å²) >= 11 is 0. The lowest BCUT2D eigenvalue weighted by Crippen LogP contribution is -2.55. The molecule has 240 valence electrons. The smallest absolute Gasteiger partial charge is 0.426 e. The topological polar surface area (TPSA) is 162 Å². The highest BCUT2D eigenvalue weighted by atomic mass is 16.4. The lowest BCUT2D eigenvalue weighted by Gasteiger charge is -2.27. The van der Waals surface area contributed by atoms with Crippen LogP contribution in [0.3, 0.4) is 0 Å². The molecule has 2 aromatic carbocycles. The summed E-state index contributed by atoms with van der Waals surface area (Å²) in [5, 5.41) is 28.3. The Kier molecular flexibility index (Phi) is 13.1. The maximum atomic E-state index is 12.8. The van der Waals surface area contributed by atoms with Gasteiger partial charge in [0.05, 0.1) is 12.1 Å². The maximum Gasteiger partial charge on any atom is 0.475 e. The number of amides is 2. The van der Waals surface area contributed by atoms with Crippen molar-refractivity contribution in [2.45, 2.75) is 94.8 Å².